The Labute approximate surface area is 142 Å². The lowest BCUT2D eigenvalue weighted by atomic mass is 10.0. The van der Waals surface area contributed by atoms with Crippen LogP contribution in [0.15, 0.2) is 29.2 Å². The minimum absolute atomic E-state index is 0. The first-order valence-electron chi connectivity index (χ1n) is 6.92. The summed E-state index contributed by atoms with van der Waals surface area (Å²) < 4.78 is 24.5. The maximum Gasteiger partial charge on any atom is 0.238 e. The van der Waals surface area contributed by atoms with Gasteiger partial charge in [-0.2, -0.15) is 0 Å². The molecule has 0 spiro atoms. The number of likely N-dealkylation sites (tertiary alicyclic amines) is 1. The van der Waals surface area contributed by atoms with Crippen LogP contribution in [-0.2, 0) is 14.6 Å². The number of hydrogen-bond donors (Lipinski definition) is 1. The SMILES string of the molecule is Cl.NCC1CCCCN1C(=O)CS(=O)(=O)c1ccc(Cl)cc1. The van der Waals surface area contributed by atoms with Gasteiger partial charge in [-0.05, 0) is 43.5 Å². The molecule has 1 aromatic rings. The summed E-state index contributed by atoms with van der Waals surface area (Å²) in [6, 6.07) is 5.79. The predicted molar refractivity (Wildman–Crippen MR) is 89.2 cm³/mol. The Balaban J connectivity index is 0.00000242. The van der Waals surface area contributed by atoms with E-state index in [0.29, 0.717) is 18.1 Å². The van der Waals surface area contributed by atoms with Crippen molar-refractivity contribution in [1.29, 1.82) is 0 Å². The van der Waals surface area contributed by atoms with E-state index in [4.69, 9.17) is 17.3 Å². The Kier molecular flexibility index (Phi) is 7.12. The molecular formula is C14H20Cl2N2O3S. The van der Waals surface area contributed by atoms with Crippen LogP contribution in [0.4, 0.5) is 0 Å². The maximum atomic E-state index is 12.3. The minimum Gasteiger partial charge on any atom is -0.338 e. The summed E-state index contributed by atoms with van der Waals surface area (Å²) >= 11 is 5.74. The molecular weight excluding hydrogens is 347 g/mol. The van der Waals surface area contributed by atoms with Crippen LogP contribution in [0, 0.1) is 0 Å². The summed E-state index contributed by atoms with van der Waals surface area (Å²) in [6.45, 7) is 0.948. The standard InChI is InChI=1S/C14H19ClN2O3S.ClH/c15-11-4-6-13(7-5-11)21(19,20)10-14(18)17-8-2-1-3-12(17)9-16;/h4-7,12H,1-3,8-10,16H2;1H. The normalized spacial score (nSPS) is 18.6. The molecule has 2 N–H and O–H groups in total. The van der Waals surface area contributed by atoms with Crippen molar-refractivity contribution in [3.8, 4) is 0 Å². The number of halogens is 2. The zero-order valence-electron chi connectivity index (χ0n) is 12.1. The maximum absolute atomic E-state index is 12.3. The zero-order chi connectivity index (χ0) is 15.5. The van der Waals surface area contributed by atoms with Gasteiger partial charge in [0.2, 0.25) is 5.91 Å². The highest BCUT2D eigenvalue weighted by Crippen LogP contribution is 2.19. The fourth-order valence-corrected chi connectivity index (χ4v) is 3.88. The molecule has 1 atom stereocenters. The average Bonchev–Trinajstić information content (AvgIpc) is 2.47. The Morgan fingerprint density at radius 1 is 1.27 bits per heavy atom. The summed E-state index contributed by atoms with van der Waals surface area (Å²) in [7, 11) is -3.65. The van der Waals surface area contributed by atoms with Gasteiger partial charge in [-0.25, -0.2) is 8.42 Å². The number of amides is 1. The van der Waals surface area contributed by atoms with Crippen molar-refractivity contribution in [2.75, 3.05) is 18.8 Å². The molecule has 1 aliphatic heterocycles. The van der Waals surface area contributed by atoms with E-state index in [1.54, 1.807) is 4.90 Å². The first-order valence-corrected chi connectivity index (χ1v) is 8.95. The second kappa shape index (κ2) is 8.15. The lowest BCUT2D eigenvalue weighted by Crippen LogP contribution is -2.49. The van der Waals surface area contributed by atoms with Crippen molar-refractivity contribution in [2.45, 2.75) is 30.2 Å². The molecule has 5 nitrogen and oxygen atoms in total. The van der Waals surface area contributed by atoms with E-state index in [0.717, 1.165) is 19.3 Å². The Morgan fingerprint density at radius 3 is 2.50 bits per heavy atom. The van der Waals surface area contributed by atoms with Crippen LogP contribution in [0.3, 0.4) is 0 Å². The molecule has 1 amide bonds. The zero-order valence-corrected chi connectivity index (χ0v) is 14.5. The second-order valence-electron chi connectivity index (χ2n) is 5.19. The van der Waals surface area contributed by atoms with Crippen LogP contribution in [0.25, 0.3) is 0 Å². The van der Waals surface area contributed by atoms with Crippen molar-refractivity contribution in [3.05, 3.63) is 29.3 Å². The van der Waals surface area contributed by atoms with Crippen molar-refractivity contribution < 1.29 is 13.2 Å². The van der Waals surface area contributed by atoms with E-state index in [1.165, 1.54) is 24.3 Å². The smallest absolute Gasteiger partial charge is 0.238 e. The monoisotopic (exact) mass is 366 g/mol. The highest BCUT2D eigenvalue weighted by Gasteiger charge is 2.29. The van der Waals surface area contributed by atoms with Crippen LogP contribution in [0.5, 0.6) is 0 Å². The summed E-state index contributed by atoms with van der Waals surface area (Å²) in [5, 5.41) is 0.458. The molecule has 1 aromatic carbocycles. The molecule has 2 rings (SSSR count). The van der Waals surface area contributed by atoms with Crippen LogP contribution in [0.2, 0.25) is 5.02 Å². The van der Waals surface area contributed by atoms with E-state index >= 15 is 0 Å². The molecule has 1 saturated heterocycles. The van der Waals surface area contributed by atoms with Gasteiger partial charge in [-0.15, -0.1) is 12.4 Å². The fourth-order valence-electron chi connectivity index (χ4n) is 2.54. The van der Waals surface area contributed by atoms with E-state index in [9.17, 15) is 13.2 Å². The van der Waals surface area contributed by atoms with Crippen LogP contribution < -0.4 is 5.73 Å². The molecule has 0 aromatic heterocycles. The third kappa shape index (κ3) is 4.59. The van der Waals surface area contributed by atoms with Gasteiger partial charge in [0.1, 0.15) is 5.75 Å². The number of sulfone groups is 1. The van der Waals surface area contributed by atoms with Crippen molar-refractivity contribution in [3.63, 3.8) is 0 Å². The minimum atomic E-state index is -3.65. The van der Waals surface area contributed by atoms with Gasteiger partial charge in [-0.1, -0.05) is 11.6 Å². The van der Waals surface area contributed by atoms with Crippen molar-refractivity contribution in [2.24, 2.45) is 5.73 Å². The molecule has 1 heterocycles. The van der Waals surface area contributed by atoms with E-state index in [2.05, 4.69) is 0 Å². The number of carbonyl (C=O) groups is 1. The number of rotatable bonds is 4. The third-order valence-electron chi connectivity index (χ3n) is 3.71. The first-order chi connectivity index (χ1) is 9.94. The topological polar surface area (TPSA) is 80.5 Å². The summed E-state index contributed by atoms with van der Waals surface area (Å²) in [5.74, 6) is -0.898. The van der Waals surface area contributed by atoms with E-state index in [-0.39, 0.29) is 29.3 Å². The second-order valence-corrected chi connectivity index (χ2v) is 7.61. The molecule has 0 saturated carbocycles. The molecule has 0 radical (unpaired) electrons. The molecule has 1 fully saturated rings. The van der Waals surface area contributed by atoms with Gasteiger partial charge >= 0.3 is 0 Å². The summed E-state index contributed by atoms with van der Waals surface area (Å²) in [6.07, 6.45) is 2.75. The molecule has 0 bridgehead atoms. The molecule has 0 aliphatic carbocycles. The molecule has 124 valence electrons. The van der Waals surface area contributed by atoms with Crippen molar-refractivity contribution >= 4 is 39.8 Å². The number of piperidine rings is 1. The van der Waals surface area contributed by atoms with Gasteiger partial charge in [0, 0.05) is 24.2 Å². The van der Waals surface area contributed by atoms with Gasteiger partial charge in [-0.3, -0.25) is 4.79 Å². The number of nitrogens with two attached hydrogens (primary N) is 1. The van der Waals surface area contributed by atoms with Gasteiger partial charge in [0.25, 0.3) is 0 Å². The fraction of sp³-hybridized carbons (Fsp3) is 0.500. The molecule has 1 unspecified atom stereocenters. The van der Waals surface area contributed by atoms with Crippen LogP contribution >= 0.6 is 24.0 Å². The van der Waals surface area contributed by atoms with Gasteiger partial charge < -0.3 is 10.6 Å². The number of carbonyl (C=O) groups excluding carboxylic acids is 1. The van der Waals surface area contributed by atoms with E-state index in [1.807, 2.05) is 0 Å². The molecule has 1 aliphatic rings. The quantitative estimate of drug-likeness (QED) is 0.881. The lowest BCUT2D eigenvalue weighted by molar-refractivity contribution is -0.131. The Hall–Kier alpha value is -0.820. The first kappa shape index (κ1) is 19.2. The average molecular weight is 367 g/mol. The van der Waals surface area contributed by atoms with E-state index < -0.39 is 15.6 Å². The largest absolute Gasteiger partial charge is 0.338 e. The summed E-state index contributed by atoms with van der Waals surface area (Å²) in [4.78, 5) is 14.0. The number of benzene rings is 1. The van der Waals surface area contributed by atoms with Gasteiger partial charge in [0.15, 0.2) is 9.84 Å². The van der Waals surface area contributed by atoms with Gasteiger partial charge in [0.05, 0.1) is 4.90 Å². The van der Waals surface area contributed by atoms with Crippen molar-refractivity contribution in [1.82, 2.24) is 4.90 Å². The number of hydrogen-bond acceptors (Lipinski definition) is 4. The third-order valence-corrected chi connectivity index (χ3v) is 5.58. The predicted octanol–water partition coefficient (Wildman–Crippen LogP) is 1.88. The lowest BCUT2D eigenvalue weighted by Gasteiger charge is -2.35. The Morgan fingerprint density at radius 2 is 1.91 bits per heavy atom. The summed E-state index contributed by atoms with van der Waals surface area (Å²) in [5.41, 5.74) is 5.66. The highest BCUT2D eigenvalue weighted by atomic mass is 35.5. The molecule has 22 heavy (non-hydrogen) atoms. The highest BCUT2D eigenvalue weighted by molar-refractivity contribution is 7.92. The van der Waals surface area contributed by atoms with Crippen LogP contribution in [0.1, 0.15) is 19.3 Å². The number of nitrogens with zero attached hydrogens (tertiary/aromatic N) is 1. The molecule has 8 heteroatoms. The Bertz CT molecular complexity index is 605. The van der Waals surface area contributed by atoms with Crippen LogP contribution in [-0.4, -0.2) is 44.1 Å².